The van der Waals surface area contributed by atoms with E-state index in [1.54, 1.807) is 33.0 Å². The van der Waals surface area contributed by atoms with Crippen LogP contribution in [0.4, 0.5) is 17.3 Å². The molecular formula is C12H19N5O3. The predicted octanol–water partition coefficient (Wildman–Crippen LogP) is 0.850. The number of hydrogen-bond acceptors (Lipinski definition) is 6. The Morgan fingerprint density at radius 1 is 1.50 bits per heavy atom. The first kappa shape index (κ1) is 15.7. The van der Waals surface area contributed by atoms with E-state index in [0.29, 0.717) is 18.2 Å². The number of carbonyl (C=O) groups is 1. The summed E-state index contributed by atoms with van der Waals surface area (Å²) in [4.78, 5) is 27.9. The fraction of sp³-hybridized carbons (Fsp3) is 0.500. The average molecular weight is 281 g/mol. The van der Waals surface area contributed by atoms with Gasteiger partial charge in [0, 0.05) is 27.7 Å². The van der Waals surface area contributed by atoms with Gasteiger partial charge in [0.1, 0.15) is 11.6 Å². The molecule has 0 radical (unpaired) electrons. The standard InChI is InChI=1S/C12H19N5O3/c1-8(12(18)14-3)7-16(4)11-6-9(17(19)20)5-10(13-2)15-11/h5-6,8H,7H2,1-4H3,(H,13,15)(H,14,18). The lowest BCUT2D eigenvalue weighted by atomic mass is 10.1. The SMILES string of the molecule is CNC(=O)C(C)CN(C)c1cc([N+](=O)[O-])cc(NC)n1. The summed E-state index contributed by atoms with van der Waals surface area (Å²) in [6.45, 7) is 2.20. The van der Waals surface area contributed by atoms with Crippen molar-refractivity contribution >= 4 is 23.2 Å². The summed E-state index contributed by atoms with van der Waals surface area (Å²) < 4.78 is 0. The maximum absolute atomic E-state index is 11.5. The Morgan fingerprint density at radius 3 is 2.65 bits per heavy atom. The van der Waals surface area contributed by atoms with E-state index >= 15 is 0 Å². The van der Waals surface area contributed by atoms with Gasteiger partial charge in [0.05, 0.1) is 23.0 Å². The third-order valence-electron chi connectivity index (χ3n) is 2.90. The number of amides is 1. The van der Waals surface area contributed by atoms with Crippen LogP contribution in [-0.2, 0) is 4.79 Å². The molecule has 0 saturated heterocycles. The van der Waals surface area contributed by atoms with Gasteiger partial charge >= 0.3 is 0 Å². The molecule has 2 N–H and O–H groups in total. The Kier molecular flexibility index (Phi) is 5.24. The zero-order valence-electron chi connectivity index (χ0n) is 12.0. The van der Waals surface area contributed by atoms with Crippen LogP contribution in [0.1, 0.15) is 6.92 Å². The van der Waals surface area contributed by atoms with Crippen LogP contribution in [0.3, 0.4) is 0 Å². The first-order chi connectivity index (χ1) is 9.38. The van der Waals surface area contributed by atoms with Crippen LogP contribution in [0.25, 0.3) is 0 Å². The van der Waals surface area contributed by atoms with Crippen LogP contribution in [0.15, 0.2) is 12.1 Å². The van der Waals surface area contributed by atoms with E-state index in [-0.39, 0.29) is 17.5 Å². The molecule has 0 spiro atoms. The third-order valence-corrected chi connectivity index (χ3v) is 2.90. The molecule has 0 aromatic carbocycles. The summed E-state index contributed by atoms with van der Waals surface area (Å²) in [6.07, 6.45) is 0. The molecule has 0 bridgehead atoms. The van der Waals surface area contributed by atoms with E-state index < -0.39 is 4.92 Å². The summed E-state index contributed by atoms with van der Waals surface area (Å²) >= 11 is 0. The van der Waals surface area contributed by atoms with Gasteiger partial charge in [-0.2, -0.15) is 0 Å². The van der Waals surface area contributed by atoms with Gasteiger partial charge in [-0.25, -0.2) is 4.98 Å². The van der Waals surface area contributed by atoms with Crippen LogP contribution in [0.5, 0.6) is 0 Å². The zero-order chi connectivity index (χ0) is 15.3. The second-order valence-corrected chi connectivity index (χ2v) is 4.47. The van der Waals surface area contributed by atoms with Gasteiger partial charge in [0.15, 0.2) is 0 Å². The van der Waals surface area contributed by atoms with Gasteiger partial charge in [-0.3, -0.25) is 14.9 Å². The number of carbonyl (C=O) groups excluding carboxylic acids is 1. The first-order valence-corrected chi connectivity index (χ1v) is 6.16. The Hall–Kier alpha value is -2.38. The van der Waals surface area contributed by atoms with Crippen LogP contribution in [-0.4, -0.2) is 43.5 Å². The molecule has 1 atom stereocenters. The molecule has 20 heavy (non-hydrogen) atoms. The van der Waals surface area contributed by atoms with E-state index in [2.05, 4.69) is 15.6 Å². The van der Waals surface area contributed by atoms with Crippen molar-refractivity contribution in [2.75, 3.05) is 37.9 Å². The number of pyridine rings is 1. The molecule has 0 saturated carbocycles. The van der Waals surface area contributed by atoms with E-state index in [1.165, 1.54) is 12.1 Å². The molecule has 1 unspecified atom stereocenters. The van der Waals surface area contributed by atoms with Crippen molar-refractivity contribution in [1.82, 2.24) is 10.3 Å². The van der Waals surface area contributed by atoms with Crippen molar-refractivity contribution in [3.63, 3.8) is 0 Å². The second kappa shape index (κ2) is 6.69. The number of anilines is 2. The number of nitrogens with one attached hydrogen (secondary N) is 2. The number of rotatable bonds is 6. The molecule has 0 aliphatic rings. The maximum Gasteiger partial charge on any atom is 0.276 e. The summed E-state index contributed by atoms with van der Waals surface area (Å²) in [5.74, 6) is 0.521. The van der Waals surface area contributed by atoms with Gasteiger partial charge in [0.2, 0.25) is 5.91 Å². The lowest BCUT2D eigenvalue weighted by Crippen LogP contribution is -2.34. The number of nitrogens with zero attached hydrogens (tertiary/aromatic N) is 3. The smallest absolute Gasteiger partial charge is 0.276 e. The van der Waals surface area contributed by atoms with Crippen molar-refractivity contribution in [3.8, 4) is 0 Å². The highest BCUT2D eigenvalue weighted by atomic mass is 16.6. The molecule has 8 nitrogen and oxygen atoms in total. The first-order valence-electron chi connectivity index (χ1n) is 6.16. The molecule has 8 heteroatoms. The van der Waals surface area contributed by atoms with Crippen molar-refractivity contribution in [2.24, 2.45) is 5.92 Å². The van der Waals surface area contributed by atoms with E-state index in [1.807, 2.05) is 0 Å². The molecule has 1 aromatic heterocycles. The van der Waals surface area contributed by atoms with Gasteiger partial charge in [-0.15, -0.1) is 0 Å². The molecule has 0 aliphatic carbocycles. The molecular weight excluding hydrogens is 262 g/mol. The van der Waals surface area contributed by atoms with E-state index in [9.17, 15) is 14.9 Å². The molecule has 110 valence electrons. The van der Waals surface area contributed by atoms with Crippen molar-refractivity contribution in [2.45, 2.75) is 6.92 Å². The largest absolute Gasteiger partial charge is 0.373 e. The molecule has 1 heterocycles. The van der Waals surface area contributed by atoms with Gasteiger partial charge in [-0.1, -0.05) is 6.92 Å². The Labute approximate surface area is 117 Å². The van der Waals surface area contributed by atoms with E-state index in [4.69, 9.17) is 0 Å². The molecule has 1 aromatic rings. The quantitative estimate of drug-likeness (QED) is 0.592. The lowest BCUT2D eigenvalue weighted by Gasteiger charge is -2.22. The Morgan fingerprint density at radius 2 is 2.15 bits per heavy atom. The van der Waals surface area contributed by atoms with Gasteiger partial charge in [0.25, 0.3) is 5.69 Å². The maximum atomic E-state index is 11.5. The average Bonchev–Trinajstić information content (AvgIpc) is 2.45. The summed E-state index contributed by atoms with van der Waals surface area (Å²) in [6, 6.07) is 2.75. The number of hydrogen-bond donors (Lipinski definition) is 2. The fourth-order valence-electron chi connectivity index (χ4n) is 1.76. The summed E-state index contributed by atoms with van der Waals surface area (Å²) in [5.41, 5.74) is -0.0428. The summed E-state index contributed by atoms with van der Waals surface area (Å²) in [7, 11) is 4.96. The van der Waals surface area contributed by atoms with Gasteiger partial charge < -0.3 is 15.5 Å². The minimum absolute atomic E-state index is 0.0428. The van der Waals surface area contributed by atoms with Crippen LogP contribution >= 0.6 is 0 Å². The minimum atomic E-state index is -0.470. The van der Waals surface area contributed by atoms with Crippen molar-refractivity contribution < 1.29 is 9.72 Å². The monoisotopic (exact) mass is 281 g/mol. The van der Waals surface area contributed by atoms with Crippen molar-refractivity contribution in [1.29, 1.82) is 0 Å². The number of nitro groups is 1. The molecule has 0 fully saturated rings. The predicted molar refractivity (Wildman–Crippen MR) is 76.9 cm³/mol. The topological polar surface area (TPSA) is 100 Å². The Balaban J connectivity index is 2.97. The normalized spacial score (nSPS) is 11.6. The van der Waals surface area contributed by atoms with Crippen LogP contribution in [0.2, 0.25) is 0 Å². The van der Waals surface area contributed by atoms with Crippen LogP contribution < -0.4 is 15.5 Å². The Bertz CT molecular complexity index is 506. The molecule has 0 aliphatic heterocycles. The fourth-order valence-corrected chi connectivity index (χ4v) is 1.76. The molecule has 1 rings (SSSR count). The highest BCUT2D eigenvalue weighted by molar-refractivity contribution is 5.78. The van der Waals surface area contributed by atoms with Crippen LogP contribution in [0, 0.1) is 16.0 Å². The number of aromatic nitrogens is 1. The van der Waals surface area contributed by atoms with Crippen molar-refractivity contribution in [3.05, 3.63) is 22.2 Å². The molecule has 1 amide bonds. The highest BCUT2D eigenvalue weighted by Gasteiger charge is 2.17. The van der Waals surface area contributed by atoms with E-state index in [0.717, 1.165) is 0 Å². The zero-order valence-corrected chi connectivity index (χ0v) is 12.0. The minimum Gasteiger partial charge on any atom is -0.373 e. The second-order valence-electron chi connectivity index (χ2n) is 4.47. The van der Waals surface area contributed by atoms with Gasteiger partial charge in [-0.05, 0) is 0 Å². The third kappa shape index (κ3) is 3.81. The highest BCUT2D eigenvalue weighted by Crippen LogP contribution is 2.22. The lowest BCUT2D eigenvalue weighted by molar-refractivity contribution is -0.384. The summed E-state index contributed by atoms with van der Waals surface area (Å²) in [5, 5.41) is 16.2.